The molecule has 6 aromatic rings. The number of thiophene rings is 1. The van der Waals surface area contributed by atoms with Gasteiger partial charge in [-0.15, -0.1) is 11.3 Å². The van der Waals surface area contributed by atoms with E-state index in [1.165, 1.54) is 11.3 Å². The van der Waals surface area contributed by atoms with Gasteiger partial charge < -0.3 is 10.3 Å². The van der Waals surface area contributed by atoms with Crippen molar-refractivity contribution >= 4 is 50.8 Å². The number of ketones is 1. The summed E-state index contributed by atoms with van der Waals surface area (Å²) >= 11 is 1.43. The number of nitrogens with one attached hydrogen (secondary N) is 3. The van der Waals surface area contributed by atoms with Gasteiger partial charge in [-0.25, -0.2) is 9.97 Å². The van der Waals surface area contributed by atoms with Gasteiger partial charge in [0.2, 0.25) is 5.91 Å². The number of carbonyl (C=O) groups excluding carboxylic acids is 2. The highest BCUT2D eigenvalue weighted by Crippen LogP contribution is 2.35. The quantitative estimate of drug-likeness (QED) is 0.184. The van der Waals surface area contributed by atoms with Crippen molar-refractivity contribution in [3.63, 3.8) is 0 Å². The predicted octanol–water partition coefficient (Wildman–Crippen LogP) is 6.80. The second-order valence-corrected chi connectivity index (χ2v) is 11.6. The first-order valence-corrected chi connectivity index (χ1v) is 14.5. The van der Waals surface area contributed by atoms with E-state index in [0.717, 1.165) is 80.6 Å². The van der Waals surface area contributed by atoms with E-state index in [-0.39, 0.29) is 17.6 Å². The van der Waals surface area contributed by atoms with Crippen LogP contribution in [0.15, 0.2) is 55.0 Å². The number of hydrogen-bond donors (Lipinski definition) is 3. The average molecular weight is 562 g/mol. The molecule has 1 amide bonds. The maximum Gasteiger partial charge on any atom is 0.227 e. The summed E-state index contributed by atoms with van der Waals surface area (Å²) in [5.41, 5.74) is 7.55. The fourth-order valence-electron chi connectivity index (χ4n) is 5.19. The lowest BCUT2D eigenvalue weighted by atomic mass is 9.85. The number of aryl methyl sites for hydroxylation is 1. The third-order valence-electron chi connectivity index (χ3n) is 7.74. The summed E-state index contributed by atoms with van der Waals surface area (Å²) in [4.78, 5) is 43.4. The van der Waals surface area contributed by atoms with Crippen LogP contribution in [0.1, 0.15) is 48.3 Å². The van der Waals surface area contributed by atoms with Gasteiger partial charge in [-0.05, 0) is 67.6 Å². The molecular weight excluding hydrogens is 534 g/mol. The number of rotatable bonds is 7. The molecule has 5 aromatic heterocycles. The van der Waals surface area contributed by atoms with Crippen LogP contribution in [-0.4, -0.2) is 41.8 Å². The molecule has 0 spiro atoms. The molecule has 0 bridgehead atoms. The summed E-state index contributed by atoms with van der Waals surface area (Å²) in [6.45, 7) is 3.67. The topological polar surface area (TPSA) is 129 Å². The molecule has 0 aliphatic heterocycles. The summed E-state index contributed by atoms with van der Waals surface area (Å²) < 4.78 is 0. The van der Waals surface area contributed by atoms with E-state index in [1.807, 2.05) is 30.5 Å². The molecule has 5 heterocycles. The number of H-pyrrole nitrogens is 2. The van der Waals surface area contributed by atoms with E-state index >= 15 is 0 Å². The van der Waals surface area contributed by atoms with Crippen LogP contribution in [0.25, 0.3) is 55.2 Å². The van der Waals surface area contributed by atoms with Gasteiger partial charge in [-0.2, -0.15) is 5.10 Å². The molecule has 3 N–H and O–H groups in total. The van der Waals surface area contributed by atoms with Gasteiger partial charge >= 0.3 is 0 Å². The van der Waals surface area contributed by atoms with Crippen LogP contribution in [0.3, 0.4) is 0 Å². The summed E-state index contributed by atoms with van der Waals surface area (Å²) in [6, 6.07) is 12.0. The molecule has 1 aliphatic rings. The number of aromatic amines is 2. The van der Waals surface area contributed by atoms with Gasteiger partial charge in [-0.1, -0.05) is 19.4 Å². The number of Topliss-reactive ketones (excluding diaryl/α,β-unsaturated/α-hetero) is 1. The van der Waals surface area contributed by atoms with E-state index in [4.69, 9.17) is 4.98 Å². The van der Waals surface area contributed by atoms with Gasteiger partial charge in [-0.3, -0.25) is 19.7 Å². The van der Waals surface area contributed by atoms with Crippen LogP contribution in [0, 0.1) is 5.92 Å². The number of nitrogens with zero attached hydrogens (tertiary/aromatic N) is 4. The van der Waals surface area contributed by atoms with Crippen molar-refractivity contribution in [1.29, 1.82) is 0 Å². The number of carbonyl (C=O) groups is 2. The Morgan fingerprint density at radius 3 is 2.71 bits per heavy atom. The van der Waals surface area contributed by atoms with Crippen molar-refractivity contribution in [3.8, 4) is 33.1 Å². The van der Waals surface area contributed by atoms with Crippen molar-refractivity contribution in [1.82, 2.24) is 30.1 Å². The third-order valence-corrected chi connectivity index (χ3v) is 8.96. The Bertz CT molecular complexity index is 1960. The maximum atomic E-state index is 12.6. The van der Waals surface area contributed by atoms with Crippen molar-refractivity contribution < 1.29 is 9.59 Å². The molecule has 7 rings (SSSR count). The van der Waals surface area contributed by atoms with Gasteiger partial charge in [0.05, 0.1) is 22.0 Å². The molecule has 0 radical (unpaired) electrons. The van der Waals surface area contributed by atoms with E-state index < -0.39 is 0 Å². The van der Waals surface area contributed by atoms with E-state index in [0.29, 0.717) is 16.3 Å². The van der Waals surface area contributed by atoms with Gasteiger partial charge in [0, 0.05) is 40.0 Å². The lowest BCUT2D eigenvalue weighted by Crippen LogP contribution is -2.28. The minimum Gasteiger partial charge on any atom is -0.335 e. The van der Waals surface area contributed by atoms with Gasteiger partial charge in [0.1, 0.15) is 11.2 Å². The molecule has 1 aliphatic carbocycles. The number of amides is 1. The van der Waals surface area contributed by atoms with Crippen LogP contribution in [0.4, 0.5) is 5.69 Å². The summed E-state index contributed by atoms with van der Waals surface area (Å²) in [5.74, 6) is 0.870. The van der Waals surface area contributed by atoms with E-state index in [9.17, 15) is 9.59 Å². The average Bonchev–Trinajstić information content (AvgIpc) is 3.69. The van der Waals surface area contributed by atoms with Crippen LogP contribution in [0.5, 0.6) is 0 Å². The van der Waals surface area contributed by atoms with E-state index in [2.05, 4.69) is 49.5 Å². The largest absolute Gasteiger partial charge is 0.335 e. The number of imidazole rings is 1. The fraction of sp³-hybridized carbons (Fsp3) is 0.226. The highest BCUT2D eigenvalue weighted by molar-refractivity contribution is 7.17. The normalized spacial score (nSPS) is 13.5. The van der Waals surface area contributed by atoms with Crippen molar-refractivity contribution in [2.45, 2.75) is 39.5 Å². The van der Waals surface area contributed by atoms with Crippen LogP contribution in [-0.2, 0) is 11.2 Å². The fourth-order valence-corrected chi connectivity index (χ4v) is 6.10. The second kappa shape index (κ2) is 10.0. The minimum atomic E-state index is 0.0358. The van der Waals surface area contributed by atoms with Gasteiger partial charge in [0.15, 0.2) is 17.3 Å². The number of aromatic nitrogens is 6. The lowest BCUT2D eigenvalue weighted by molar-refractivity contribution is -0.122. The zero-order chi connectivity index (χ0) is 28.1. The number of anilines is 1. The first kappa shape index (κ1) is 25.3. The highest BCUT2D eigenvalue weighted by Gasteiger charge is 2.25. The Labute approximate surface area is 239 Å². The smallest absolute Gasteiger partial charge is 0.227 e. The summed E-state index contributed by atoms with van der Waals surface area (Å²) in [7, 11) is 0. The van der Waals surface area contributed by atoms with Crippen LogP contribution >= 0.6 is 11.3 Å². The Morgan fingerprint density at radius 1 is 1.07 bits per heavy atom. The third kappa shape index (κ3) is 4.59. The SMILES string of the molecule is CCc1cc(NC(=O)C2CCC2)cc(-c2cnc3n[nH]c(-c4nc5c(-c6ccc(C(C)=O)s6)cncc5[nH]4)c3c2)c1. The monoisotopic (exact) mass is 561 g/mol. The molecular formula is C31H27N7O2S. The molecule has 10 heteroatoms. The van der Waals surface area contributed by atoms with Gasteiger partial charge in [0.25, 0.3) is 0 Å². The molecule has 1 fully saturated rings. The van der Waals surface area contributed by atoms with E-state index in [1.54, 1.807) is 19.3 Å². The maximum absolute atomic E-state index is 12.6. The highest BCUT2D eigenvalue weighted by atomic mass is 32.1. The lowest BCUT2D eigenvalue weighted by Gasteiger charge is -2.24. The molecule has 41 heavy (non-hydrogen) atoms. The Hall–Kier alpha value is -4.70. The first-order valence-electron chi connectivity index (χ1n) is 13.7. The summed E-state index contributed by atoms with van der Waals surface area (Å²) in [5, 5.41) is 11.5. The number of fused-ring (bicyclic) bond motifs is 2. The standard InChI is InChI=1S/C31H27N7O2S/c1-3-17-9-19(11-21(10-17)34-31(40)18-5-4-6-18)20-12-22-28(37-38-29(22)33-13-20)30-35-24-15-32-14-23(27(24)36-30)26-8-7-25(41-26)16(2)39/h7-15,18H,3-6H2,1-2H3,(H,34,40)(H,35,36)(H,33,37,38). The first-order chi connectivity index (χ1) is 20.0. The second-order valence-electron chi connectivity index (χ2n) is 10.5. The molecule has 0 saturated heterocycles. The number of benzene rings is 1. The van der Waals surface area contributed by atoms with Crippen LogP contribution in [0.2, 0.25) is 0 Å². The molecule has 9 nitrogen and oxygen atoms in total. The molecule has 204 valence electrons. The molecule has 1 saturated carbocycles. The van der Waals surface area contributed by atoms with Crippen LogP contribution < -0.4 is 5.32 Å². The Morgan fingerprint density at radius 2 is 1.95 bits per heavy atom. The number of pyridine rings is 2. The zero-order valence-electron chi connectivity index (χ0n) is 22.6. The summed E-state index contributed by atoms with van der Waals surface area (Å²) in [6.07, 6.45) is 9.21. The Balaban J connectivity index is 1.27. The predicted molar refractivity (Wildman–Crippen MR) is 161 cm³/mol. The van der Waals surface area contributed by atoms with Crippen molar-refractivity contribution in [2.24, 2.45) is 5.92 Å². The van der Waals surface area contributed by atoms with Crippen molar-refractivity contribution in [2.75, 3.05) is 5.32 Å². The Kier molecular flexibility index (Phi) is 6.19. The minimum absolute atomic E-state index is 0.0358. The molecule has 0 atom stereocenters. The van der Waals surface area contributed by atoms with Crippen molar-refractivity contribution in [3.05, 3.63) is 65.4 Å². The molecule has 1 aromatic carbocycles. The molecule has 0 unspecified atom stereocenters. The zero-order valence-corrected chi connectivity index (χ0v) is 23.4. The number of hydrogen-bond acceptors (Lipinski definition) is 7.